The molecule has 90 valence electrons. The molecule has 0 aliphatic carbocycles. The summed E-state index contributed by atoms with van der Waals surface area (Å²) in [6.07, 6.45) is -0.861. The van der Waals surface area contributed by atoms with Crippen molar-refractivity contribution in [3.63, 3.8) is 0 Å². The van der Waals surface area contributed by atoms with E-state index in [0.29, 0.717) is 18.9 Å². The molecule has 2 rings (SSSR count). The first-order chi connectivity index (χ1) is 8.16. The van der Waals surface area contributed by atoms with Crippen LogP contribution < -0.4 is 15.4 Å². The SMILES string of the molecule is NC(=O)Oc1ccc(N2CCOCC2=O)cc1. The average Bonchev–Trinajstić information content (AvgIpc) is 2.30. The molecule has 0 atom stereocenters. The quantitative estimate of drug-likeness (QED) is 0.811. The lowest BCUT2D eigenvalue weighted by molar-refractivity contribution is -0.125. The summed E-state index contributed by atoms with van der Waals surface area (Å²) in [5.74, 6) is 0.266. The van der Waals surface area contributed by atoms with Crippen LogP contribution in [0.1, 0.15) is 0 Å². The molecule has 6 nitrogen and oxygen atoms in total. The van der Waals surface area contributed by atoms with Crippen molar-refractivity contribution >= 4 is 17.7 Å². The van der Waals surface area contributed by atoms with Crippen LogP contribution in [-0.2, 0) is 9.53 Å². The molecule has 1 heterocycles. The Morgan fingerprint density at radius 2 is 2.06 bits per heavy atom. The fraction of sp³-hybridized carbons (Fsp3) is 0.273. The summed E-state index contributed by atoms with van der Waals surface area (Å²) in [6.45, 7) is 1.14. The zero-order valence-electron chi connectivity index (χ0n) is 9.09. The molecule has 0 bridgehead atoms. The largest absolute Gasteiger partial charge is 0.411 e. The predicted molar refractivity (Wildman–Crippen MR) is 59.8 cm³/mol. The number of morpholine rings is 1. The van der Waals surface area contributed by atoms with E-state index in [9.17, 15) is 9.59 Å². The zero-order valence-corrected chi connectivity index (χ0v) is 9.09. The van der Waals surface area contributed by atoms with Gasteiger partial charge in [0.2, 0.25) is 0 Å². The molecule has 0 aromatic heterocycles. The number of carbonyl (C=O) groups excluding carboxylic acids is 2. The van der Waals surface area contributed by atoms with Crippen LogP contribution in [-0.4, -0.2) is 31.8 Å². The number of benzene rings is 1. The third-order valence-corrected chi connectivity index (χ3v) is 2.35. The second-order valence-electron chi connectivity index (χ2n) is 3.51. The lowest BCUT2D eigenvalue weighted by atomic mass is 10.2. The first-order valence-electron chi connectivity index (χ1n) is 5.12. The lowest BCUT2D eigenvalue weighted by Crippen LogP contribution is -2.41. The molecule has 6 heteroatoms. The van der Waals surface area contributed by atoms with E-state index in [4.69, 9.17) is 15.2 Å². The first kappa shape index (κ1) is 11.4. The number of carbonyl (C=O) groups is 2. The van der Waals surface area contributed by atoms with Crippen LogP contribution in [0.2, 0.25) is 0 Å². The highest BCUT2D eigenvalue weighted by molar-refractivity contribution is 5.94. The Balaban J connectivity index is 2.11. The highest BCUT2D eigenvalue weighted by Crippen LogP contribution is 2.20. The minimum atomic E-state index is -0.861. The van der Waals surface area contributed by atoms with Gasteiger partial charge in [-0.25, -0.2) is 4.79 Å². The Hall–Kier alpha value is -2.08. The molecule has 1 fully saturated rings. The predicted octanol–water partition coefficient (Wildman–Crippen LogP) is 0.507. The maximum atomic E-state index is 11.6. The van der Waals surface area contributed by atoms with Crippen LogP contribution in [0.3, 0.4) is 0 Å². The number of anilines is 1. The Bertz CT molecular complexity index is 430. The van der Waals surface area contributed by atoms with Crippen molar-refractivity contribution in [1.29, 1.82) is 0 Å². The van der Waals surface area contributed by atoms with Crippen LogP contribution in [0.5, 0.6) is 5.75 Å². The average molecular weight is 236 g/mol. The van der Waals surface area contributed by atoms with Crippen LogP contribution in [0.4, 0.5) is 10.5 Å². The van der Waals surface area contributed by atoms with Gasteiger partial charge in [0.15, 0.2) is 0 Å². The Morgan fingerprint density at radius 1 is 1.35 bits per heavy atom. The van der Waals surface area contributed by atoms with Crippen LogP contribution in [0.25, 0.3) is 0 Å². The van der Waals surface area contributed by atoms with Gasteiger partial charge in [-0.05, 0) is 24.3 Å². The maximum absolute atomic E-state index is 11.6. The Kier molecular flexibility index (Phi) is 3.24. The van der Waals surface area contributed by atoms with Gasteiger partial charge in [0.1, 0.15) is 12.4 Å². The van der Waals surface area contributed by atoms with E-state index in [-0.39, 0.29) is 12.5 Å². The second kappa shape index (κ2) is 4.84. The summed E-state index contributed by atoms with van der Waals surface area (Å²) in [6, 6.07) is 6.56. The number of nitrogens with two attached hydrogens (primary N) is 1. The van der Waals surface area contributed by atoms with Crippen LogP contribution in [0.15, 0.2) is 24.3 Å². The number of rotatable bonds is 2. The van der Waals surface area contributed by atoms with Gasteiger partial charge in [0.25, 0.3) is 5.91 Å². The molecule has 1 aliphatic rings. The molecule has 0 unspecified atom stereocenters. The zero-order chi connectivity index (χ0) is 12.3. The molecule has 0 spiro atoms. The number of primary amides is 1. The second-order valence-corrected chi connectivity index (χ2v) is 3.51. The normalized spacial score (nSPS) is 15.8. The summed E-state index contributed by atoms with van der Waals surface area (Å²) in [4.78, 5) is 23.7. The first-order valence-corrected chi connectivity index (χ1v) is 5.12. The highest BCUT2D eigenvalue weighted by Gasteiger charge is 2.19. The minimum absolute atomic E-state index is 0.0835. The van der Waals surface area contributed by atoms with Crippen molar-refractivity contribution in [3.05, 3.63) is 24.3 Å². The van der Waals surface area contributed by atoms with Gasteiger partial charge in [0, 0.05) is 12.2 Å². The summed E-state index contributed by atoms with van der Waals surface area (Å²) >= 11 is 0. The summed E-state index contributed by atoms with van der Waals surface area (Å²) in [5, 5.41) is 0. The number of hydrogen-bond acceptors (Lipinski definition) is 4. The molecule has 1 aromatic rings. The fourth-order valence-corrected chi connectivity index (χ4v) is 1.60. The van der Waals surface area contributed by atoms with Gasteiger partial charge in [-0.2, -0.15) is 0 Å². The van der Waals surface area contributed by atoms with Crippen molar-refractivity contribution in [3.8, 4) is 5.75 Å². The number of ether oxygens (including phenoxy) is 2. The summed E-state index contributed by atoms with van der Waals surface area (Å²) in [7, 11) is 0. The molecular formula is C11H12N2O4. The van der Waals surface area contributed by atoms with Crippen molar-refractivity contribution in [1.82, 2.24) is 0 Å². The molecule has 1 aliphatic heterocycles. The molecule has 0 radical (unpaired) electrons. The summed E-state index contributed by atoms with van der Waals surface area (Å²) in [5.41, 5.74) is 5.63. The third kappa shape index (κ3) is 2.73. The highest BCUT2D eigenvalue weighted by atomic mass is 16.5. The van der Waals surface area contributed by atoms with Gasteiger partial charge in [0.05, 0.1) is 6.61 Å². The van der Waals surface area contributed by atoms with Gasteiger partial charge in [-0.15, -0.1) is 0 Å². The topological polar surface area (TPSA) is 81.9 Å². The molecule has 2 N–H and O–H groups in total. The van der Waals surface area contributed by atoms with E-state index in [2.05, 4.69) is 0 Å². The molecule has 1 saturated heterocycles. The van der Waals surface area contributed by atoms with Crippen molar-refractivity contribution in [2.75, 3.05) is 24.7 Å². The van der Waals surface area contributed by atoms with Gasteiger partial charge < -0.3 is 20.1 Å². The van der Waals surface area contributed by atoms with Gasteiger partial charge >= 0.3 is 6.09 Å². The van der Waals surface area contributed by atoms with E-state index >= 15 is 0 Å². The van der Waals surface area contributed by atoms with Gasteiger partial charge in [-0.3, -0.25) is 4.79 Å². The van der Waals surface area contributed by atoms with Gasteiger partial charge in [-0.1, -0.05) is 0 Å². The van der Waals surface area contributed by atoms with Crippen molar-refractivity contribution in [2.24, 2.45) is 5.73 Å². The minimum Gasteiger partial charge on any atom is -0.411 e. The number of amides is 2. The Labute approximate surface area is 97.9 Å². The van der Waals surface area contributed by atoms with Crippen molar-refractivity contribution < 1.29 is 19.1 Å². The standard InChI is InChI=1S/C11H12N2O4/c12-11(15)17-9-3-1-8(2-4-9)13-5-6-16-7-10(13)14/h1-4H,5-7H2,(H2,12,15). The monoisotopic (exact) mass is 236 g/mol. The summed E-state index contributed by atoms with van der Waals surface area (Å²) < 4.78 is 9.73. The molecule has 1 aromatic carbocycles. The van der Waals surface area contributed by atoms with E-state index in [1.165, 1.54) is 0 Å². The fourth-order valence-electron chi connectivity index (χ4n) is 1.60. The molecule has 2 amide bonds. The van der Waals surface area contributed by atoms with Crippen LogP contribution >= 0.6 is 0 Å². The number of hydrogen-bond donors (Lipinski definition) is 1. The Morgan fingerprint density at radius 3 is 2.65 bits per heavy atom. The lowest BCUT2D eigenvalue weighted by Gasteiger charge is -2.26. The van der Waals surface area contributed by atoms with Crippen LogP contribution in [0, 0.1) is 0 Å². The molecule has 17 heavy (non-hydrogen) atoms. The third-order valence-electron chi connectivity index (χ3n) is 2.35. The molecule has 0 saturated carbocycles. The molecular weight excluding hydrogens is 224 g/mol. The van der Waals surface area contributed by atoms with E-state index in [0.717, 1.165) is 5.69 Å². The van der Waals surface area contributed by atoms with E-state index in [1.807, 2.05) is 0 Å². The number of nitrogens with zero attached hydrogens (tertiary/aromatic N) is 1. The van der Waals surface area contributed by atoms with E-state index in [1.54, 1.807) is 29.2 Å². The smallest absolute Gasteiger partial charge is 0.409 e. The van der Waals surface area contributed by atoms with Crippen molar-refractivity contribution in [2.45, 2.75) is 0 Å². The van der Waals surface area contributed by atoms with E-state index < -0.39 is 6.09 Å². The maximum Gasteiger partial charge on any atom is 0.409 e.